The number of ketones is 1. The van der Waals surface area contributed by atoms with Crippen molar-refractivity contribution in [2.24, 2.45) is 0 Å². The molecule has 0 N–H and O–H groups in total. The highest BCUT2D eigenvalue weighted by atomic mass is 16.6. The van der Waals surface area contributed by atoms with Gasteiger partial charge in [-0.15, -0.1) is 0 Å². The Kier molecular flexibility index (Phi) is 4.32. The fourth-order valence-electron chi connectivity index (χ4n) is 2.11. The van der Waals surface area contributed by atoms with Crippen molar-refractivity contribution in [2.45, 2.75) is 25.3 Å². The van der Waals surface area contributed by atoms with Crippen LogP contribution >= 0.6 is 0 Å². The summed E-state index contributed by atoms with van der Waals surface area (Å²) in [7, 11) is 0. The summed E-state index contributed by atoms with van der Waals surface area (Å²) < 4.78 is 5.65. The van der Waals surface area contributed by atoms with E-state index < -0.39 is 22.7 Å². The second-order valence-corrected chi connectivity index (χ2v) is 4.69. The highest BCUT2D eigenvalue weighted by Gasteiger charge is 2.34. The lowest BCUT2D eigenvalue weighted by Crippen LogP contribution is -2.35. The van der Waals surface area contributed by atoms with E-state index in [1.165, 1.54) is 31.5 Å². The molecule has 0 aliphatic heterocycles. The summed E-state index contributed by atoms with van der Waals surface area (Å²) in [6.07, 6.45) is 2.45. The standard InChI is InChI=1S/C14H14N2O5/c1-10(16(19)20)11(14-6-4-8-21-14)9-13(17)12-5-2-3-7-15(12)18/h2-8,10-11H,9H2,1H3/t10-,11-/m0/s1. The SMILES string of the molecule is C[C@@H]([C@H](CC(=O)c1cccc[n+]1[O-])c1ccco1)[N+](=O)[O-]. The minimum absolute atomic E-state index is 0.0374. The second-order valence-electron chi connectivity index (χ2n) is 4.69. The average Bonchev–Trinajstić information content (AvgIpc) is 2.98. The van der Waals surface area contributed by atoms with Crippen LogP contribution in [0.4, 0.5) is 0 Å². The van der Waals surface area contributed by atoms with E-state index >= 15 is 0 Å². The topological polar surface area (TPSA) is 100 Å². The predicted molar refractivity (Wildman–Crippen MR) is 72.3 cm³/mol. The van der Waals surface area contributed by atoms with Gasteiger partial charge < -0.3 is 9.62 Å². The second kappa shape index (κ2) is 6.17. The zero-order chi connectivity index (χ0) is 15.4. The molecule has 0 saturated heterocycles. The number of hydrogen-bond acceptors (Lipinski definition) is 5. The summed E-state index contributed by atoms with van der Waals surface area (Å²) in [5.41, 5.74) is -0.0374. The first-order valence-electron chi connectivity index (χ1n) is 6.39. The van der Waals surface area contributed by atoms with E-state index in [4.69, 9.17) is 4.42 Å². The van der Waals surface area contributed by atoms with Crippen molar-refractivity contribution < 1.29 is 18.9 Å². The van der Waals surface area contributed by atoms with Crippen LogP contribution in [0.5, 0.6) is 0 Å². The number of rotatable bonds is 6. The van der Waals surface area contributed by atoms with Crippen molar-refractivity contribution >= 4 is 5.78 Å². The monoisotopic (exact) mass is 290 g/mol. The van der Waals surface area contributed by atoms with Crippen molar-refractivity contribution in [3.8, 4) is 0 Å². The Labute approximate surface area is 120 Å². The lowest BCUT2D eigenvalue weighted by Gasteiger charge is -2.15. The zero-order valence-corrected chi connectivity index (χ0v) is 11.3. The Morgan fingerprint density at radius 1 is 1.38 bits per heavy atom. The Morgan fingerprint density at radius 2 is 2.14 bits per heavy atom. The van der Waals surface area contributed by atoms with Crippen LogP contribution in [0.3, 0.4) is 0 Å². The third-order valence-corrected chi connectivity index (χ3v) is 3.34. The molecule has 2 aromatic rings. The van der Waals surface area contributed by atoms with Gasteiger partial charge in [0.1, 0.15) is 5.76 Å². The highest BCUT2D eigenvalue weighted by Crippen LogP contribution is 2.27. The molecule has 0 bridgehead atoms. The van der Waals surface area contributed by atoms with Crippen LogP contribution in [0.2, 0.25) is 0 Å². The fourth-order valence-corrected chi connectivity index (χ4v) is 2.11. The minimum atomic E-state index is -0.996. The van der Waals surface area contributed by atoms with Crippen molar-refractivity contribution in [1.29, 1.82) is 0 Å². The molecule has 7 nitrogen and oxygen atoms in total. The molecule has 0 aliphatic carbocycles. The van der Waals surface area contributed by atoms with Crippen LogP contribution in [-0.2, 0) is 0 Å². The molecule has 21 heavy (non-hydrogen) atoms. The maximum absolute atomic E-state index is 12.2. The Bertz CT molecular complexity index is 639. The number of carbonyl (C=O) groups excluding carboxylic acids is 1. The maximum Gasteiger partial charge on any atom is 0.259 e. The van der Waals surface area contributed by atoms with Gasteiger partial charge in [0.25, 0.3) is 5.69 Å². The minimum Gasteiger partial charge on any atom is -0.618 e. The van der Waals surface area contributed by atoms with Gasteiger partial charge in [0.2, 0.25) is 11.8 Å². The summed E-state index contributed by atoms with van der Waals surface area (Å²) in [6.45, 7) is 1.41. The molecule has 0 saturated carbocycles. The summed E-state index contributed by atoms with van der Waals surface area (Å²) in [5, 5.41) is 22.6. The molecule has 0 unspecified atom stereocenters. The molecule has 0 aromatic carbocycles. The van der Waals surface area contributed by atoms with E-state index in [-0.39, 0.29) is 12.1 Å². The van der Waals surface area contributed by atoms with Crippen LogP contribution in [0.15, 0.2) is 47.2 Å². The molecular formula is C14H14N2O5. The third kappa shape index (κ3) is 3.25. The van der Waals surface area contributed by atoms with Gasteiger partial charge in [-0.3, -0.25) is 14.9 Å². The van der Waals surface area contributed by atoms with Crippen molar-refractivity contribution in [2.75, 3.05) is 0 Å². The first-order valence-corrected chi connectivity index (χ1v) is 6.39. The number of carbonyl (C=O) groups is 1. The zero-order valence-electron chi connectivity index (χ0n) is 11.3. The van der Waals surface area contributed by atoms with Gasteiger partial charge in [-0.1, -0.05) is 0 Å². The number of hydrogen-bond donors (Lipinski definition) is 0. The van der Waals surface area contributed by atoms with Crippen LogP contribution in [-0.4, -0.2) is 16.7 Å². The Balaban J connectivity index is 2.25. The Morgan fingerprint density at radius 3 is 2.71 bits per heavy atom. The van der Waals surface area contributed by atoms with Crippen molar-refractivity contribution in [3.05, 3.63) is 69.6 Å². The quantitative estimate of drug-likeness (QED) is 0.266. The summed E-state index contributed by atoms with van der Waals surface area (Å²) in [4.78, 5) is 22.8. The van der Waals surface area contributed by atoms with Gasteiger partial charge in [0, 0.05) is 30.4 Å². The number of pyridine rings is 1. The number of nitrogens with zero attached hydrogens (tertiary/aromatic N) is 2. The number of aromatic nitrogens is 1. The molecule has 110 valence electrons. The molecule has 2 atom stereocenters. The summed E-state index contributed by atoms with van der Waals surface area (Å²) in [5.74, 6) is -0.815. The van der Waals surface area contributed by atoms with E-state index in [0.717, 1.165) is 0 Å². The van der Waals surface area contributed by atoms with Crippen molar-refractivity contribution in [1.82, 2.24) is 0 Å². The van der Waals surface area contributed by atoms with E-state index in [0.29, 0.717) is 10.5 Å². The van der Waals surface area contributed by atoms with E-state index in [1.54, 1.807) is 18.2 Å². The van der Waals surface area contributed by atoms with Crippen molar-refractivity contribution in [3.63, 3.8) is 0 Å². The van der Waals surface area contributed by atoms with E-state index in [2.05, 4.69) is 0 Å². The predicted octanol–water partition coefficient (Wildman–Crippen LogP) is 1.93. The molecule has 2 aromatic heterocycles. The first kappa shape index (κ1) is 14.7. The molecule has 0 fully saturated rings. The molecule has 2 heterocycles. The average molecular weight is 290 g/mol. The molecule has 0 aliphatic rings. The van der Waals surface area contributed by atoms with Gasteiger partial charge >= 0.3 is 0 Å². The van der Waals surface area contributed by atoms with Gasteiger partial charge in [0.15, 0.2) is 6.20 Å². The number of nitro groups is 1. The van der Waals surface area contributed by atoms with E-state index in [9.17, 15) is 20.1 Å². The molecule has 0 amide bonds. The summed E-state index contributed by atoms with van der Waals surface area (Å²) >= 11 is 0. The molecule has 0 spiro atoms. The number of furan rings is 1. The normalized spacial score (nSPS) is 13.6. The van der Waals surface area contributed by atoms with Crippen LogP contribution in [0.1, 0.15) is 35.5 Å². The molecule has 0 radical (unpaired) electrons. The van der Waals surface area contributed by atoms with Gasteiger partial charge in [0.05, 0.1) is 12.2 Å². The van der Waals surface area contributed by atoms with Crippen LogP contribution in [0, 0.1) is 15.3 Å². The van der Waals surface area contributed by atoms with Gasteiger partial charge in [-0.25, -0.2) is 0 Å². The summed E-state index contributed by atoms with van der Waals surface area (Å²) in [6, 6.07) is 6.67. The molecule has 2 rings (SSSR count). The maximum atomic E-state index is 12.2. The van der Waals surface area contributed by atoms with Gasteiger partial charge in [-0.2, -0.15) is 4.73 Å². The number of Topliss-reactive ketones (excluding diaryl/α,β-unsaturated/α-hetero) is 1. The lowest BCUT2D eigenvalue weighted by molar-refractivity contribution is -0.607. The smallest absolute Gasteiger partial charge is 0.259 e. The fraction of sp³-hybridized carbons (Fsp3) is 0.286. The molecule has 7 heteroatoms. The third-order valence-electron chi connectivity index (χ3n) is 3.34. The van der Waals surface area contributed by atoms with E-state index in [1.807, 2.05) is 0 Å². The van der Waals surface area contributed by atoms with Crippen LogP contribution < -0.4 is 4.73 Å². The highest BCUT2D eigenvalue weighted by molar-refractivity contribution is 5.93. The lowest BCUT2D eigenvalue weighted by atomic mass is 9.92. The molecular weight excluding hydrogens is 276 g/mol. The van der Waals surface area contributed by atoms with Gasteiger partial charge in [-0.05, 0) is 18.2 Å². The largest absolute Gasteiger partial charge is 0.618 e. The first-order chi connectivity index (χ1) is 10.0. The van der Waals surface area contributed by atoms with Crippen LogP contribution in [0.25, 0.3) is 0 Å². The Hall–Kier alpha value is -2.70.